The standard InChI is InChI=1S/C15H19N3O/c1-12(19)14-5-4-13(11-16)10-15(14)18-7-3-6-17(2)8-9-18/h4-5,10H,3,6-9H2,1-2H3. The van der Waals surface area contributed by atoms with E-state index >= 15 is 0 Å². The Balaban J connectivity index is 2.36. The molecule has 0 atom stereocenters. The highest BCUT2D eigenvalue weighted by Crippen LogP contribution is 2.24. The quantitative estimate of drug-likeness (QED) is 0.759. The highest BCUT2D eigenvalue weighted by atomic mass is 16.1. The molecule has 0 unspecified atom stereocenters. The molecule has 1 saturated heterocycles. The van der Waals surface area contributed by atoms with Crippen molar-refractivity contribution in [2.45, 2.75) is 13.3 Å². The molecule has 1 aliphatic rings. The third kappa shape index (κ3) is 3.12. The summed E-state index contributed by atoms with van der Waals surface area (Å²) in [5, 5.41) is 9.03. The van der Waals surface area contributed by atoms with E-state index in [1.165, 1.54) is 0 Å². The zero-order valence-electron chi connectivity index (χ0n) is 11.5. The second-order valence-corrected chi connectivity index (χ2v) is 5.04. The number of hydrogen-bond acceptors (Lipinski definition) is 4. The number of nitriles is 1. The van der Waals surface area contributed by atoms with Crippen LogP contribution in [0.2, 0.25) is 0 Å². The number of likely N-dealkylation sites (N-methyl/N-ethyl adjacent to an activating group) is 1. The number of hydrogen-bond donors (Lipinski definition) is 0. The third-order valence-corrected chi connectivity index (χ3v) is 3.57. The topological polar surface area (TPSA) is 47.3 Å². The van der Waals surface area contributed by atoms with E-state index in [0.29, 0.717) is 11.1 Å². The van der Waals surface area contributed by atoms with Gasteiger partial charge in [0, 0.05) is 30.9 Å². The lowest BCUT2D eigenvalue weighted by molar-refractivity contribution is 0.101. The molecule has 1 fully saturated rings. The van der Waals surface area contributed by atoms with Crippen LogP contribution >= 0.6 is 0 Å². The van der Waals surface area contributed by atoms with Crippen LogP contribution < -0.4 is 4.90 Å². The summed E-state index contributed by atoms with van der Waals surface area (Å²) >= 11 is 0. The zero-order chi connectivity index (χ0) is 13.8. The number of carbonyl (C=O) groups is 1. The van der Waals surface area contributed by atoms with Gasteiger partial charge in [0.1, 0.15) is 0 Å². The minimum absolute atomic E-state index is 0.0529. The first-order valence-electron chi connectivity index (χ1n) is 6.60. The molecule has 0 bridgehead atoms. The highest BCUT2D eigenvalue weighted by molar-refractivity contribution is 6.00. The summed E-state index contributed by atoms with van der Waals surface area (Å²) in [6.45, 7) is 5.46. The van der Waals surface area contributed by atoms with Gasteiger partial charge >= 0.3 is 0 Å². The molecule has 19 heavy (non-hydrogen) atoms. The normalized spacial score (nSPS) is 16.8. The van der Waals surface area contributed by atoms with Gasteiger partial charge in [0.05, 0.1) is 11.6 Å². The van der Waals surface area contributed by atoms with Crippen molar-refractivity contribution in [1.29, 1.82) is 5.26 Å². The molecule has 1 heterocycles. The average Bonchev–Trinajstić information content (AvgIpc) is 2.62. The molecular weight excluding hydrogens is 238 g/mol. The van der Waals surface area contributed by atoms with E-state index in [9.17, 15) is 4.79 Å². The number of ketones is 1. The fraction of sp³-hybridized carbons (Fsp3) is 0.467. The Morgan fingerprint density at radius 1 is 1.26 bits per heavy atom. The first-order chi connectivity index (χ1) is 9.11. The molecule has 1 aliphatic heterocycles. The van der Waals surface area contributed by atoms with Crippen molar-refractivity contribution in [2.75, 3.05) is 38.1 Å². The van der Waals surface area contributed by atoms with Crippen LogP contribution in [0.15, 0.2) is 18.2 Å². The molecule has 0 aliphatic carbocycles. The van der Waals surface area contributed by atoms with E-state index in [1.807, 2.05) is 6.07 Å². The van der Waals surface area contributed by atoms with Crippen LogP contribution in [0.1, 0.15) is 29.3 Å². The van der Waals surface area contributed by atoms with Gasteiger partial charge in [-0.25, -0.2) is 0 Å². The summed E-state index contributed by atoms with van der Waals surface area (Å²) in [6, 6.07) is 7.47. The van der Waals surface area contributed by atoms with Crippen molar-refractivity contribution in [3.63, 3.8) is 0 Å². The fourth-order valence-electron chi connectivity index (χ4n) is 2.45. The van der Waals surface area contributed by atoms with Gasteiger partial charge in [0.2, 0.25) is 0 Å². The van der Waals surface area contributed by atoms with E-state index in [4.69, 9.17) is 5.26 Å². The van der Waals surface area contributed by atoms with Crippen LogP contribution in [0.3, 0.4) is 0 Å². The Morgan fingerprint density at radius 2 is 2.05 bits per heavy atom. The largest absolute Gasteiger partial charge is 0.370 e. The smallest absolute Gasteiger partial charge is 0.161 e. The minimum atomic E-state index is 0.0529. The highest BCUT2D eigenvalue weighted by Gasteiger charge is 2.17. The van der Waals surface area contributed by atoms with Crippen LogP contribution in [0.4, 0.5) is 5.69 Å². The van der Waals surface area contributed by atoms with Gasteiger partial charge in [0.25, 0.3) is 0 Å². The van der Waals surface area contributed by atoms with Gasteiger partial charge in [-0.1, -0.05) is 0 Å². The molecule has 0 N–H and O–H groups in total. The fourth-order valence-corrected chi connectivity index (χ4v) is 2.45. The Morgan fingerprint density at radius 3 is 2.74 bits per heavy atom. The van der Waals surface area contributed by atoms with Crippen LogP contribution in [-0.2, 0) is 0 Å². The van der Waals surface area contributed by atoms with E-state index in [0.717, 1.165) is 38.3 Å². The predicted molar refractivity (Wildman–Crippen MR) is 75.5 cm³/mol. The van der Waals surface area contributed by atoms with E-state index in [2.05, 4.69) is 22.9 Å². The predicted octanol–water partition coefficient (Wildman–Crippen LogP) is 1.90. The SMILES string of the molecule is CC(=O)c1ccc(C#N)cc1N1CCCN(C)CC1. The molecular formula is C15H19N3O. The maximum Gasteiger partial charge on any atom is 0.161 e. The van der Waals surface area contributed by atoms with E-state index < -0.39 is 0 Å². The summed E-state index contributed by atoms with van der Waals surface area (Å²) in [5.41, 5.74) is 2.23. The lowest BCUT2D eigenvalue weighted by atomic mass is 10.1. The lowest BCUT2D eigenvalue weighted by Crippen LogP contribution is -2.29. The summed E-state index contributed by atoms with van der Waals surface area (Å²) < 4.78 is 0. The van der Waals surface area contributed by atoms with Crippen LogP contribution in [0, 0.1) is 11.3 Å². The Bertz CT molecular complexity index is 519. The van der Waals surface area contributed by atoms with Gasteiger partial charge in [0.15, 0.2) is 5.78 Å². The molecule has 4 heteroatoms. The number of carbonyl (C=O) groups excluding carboxylic acids is 1. The van der Waals surface area contributed by atoms with E-state index in [-0.39, 0.29) is 5.78 Å². The lowest BCUT2D eigenvalue weighted by Gasteiger charge is -2.25. The maximum absolute atomic E-state index is 11.7. The van der Waals surface area contributed by atoms with Gasteiger partial charge in [-0.3, -0.25) is 4.79 Å². The number of anilines is 1. The Hall–Kier alpha value is -1.86. The monoisotopic (exact) mass is 257 g/mol. The third-order valence-electron chi connectivity index (χ3n) is 3.57. The summed E-state index contributed by atoms with van der Waals surface area (Å²) in [4.78, 5) is 16.3. The summed E-state index contributed by atoms with van der Waals surface area (Å²) in [5.74, 6) is 0.0529. The minimum Gasteiger partial charge on any atom is -0.370 e. The molecule has 0 spiro atoms. The van der Waals surface area contributed by atoms with Crippen molar-refractivity contribution in [3.8, 4) is 6.07 Å². The molecule has 1 aromatic rings. The molecule has 100 valence electrons. The number of benzene rings is 1. The van der Waals surface area contributed by atoms with Gasteiger partial charge in [-0.15, -0.1) is 0 Å². The Labute approximate surface area is 114 Å². The molecule has 0 saturated carbocycles. The molecule has 1 aromatic carbocycles. The van der Waals surface area contributed by atoms with Gasteiger partial charge in [-0.05, 0) is 45.1 Å². The maximum atomic E-state index is 11.7. The molecule has 4 nitrogen and oxygen atoms in total. The van der Waals surface area contributed by atoms with Gasteiger partial charge in [-0.2, -0.15) is 5.26 Å². The van der Waals surface area contributed by atoms with Crippen molar-refractivity contribution in [1.82, 2.24) is 4.90 Å². The average molecular weight is 257 g/mol. The molecule has 0 amide bonds. The zero-order valence-corrected chi connectivity index (χ0v) is 11.5. The number of rotatable bonds is 2. The second kappa shape index (κ2) is 5.85. The second-order valence-electron chi connectivity index (χ2n) is 5.04. The van der Waals surface area contributed by atoms with Crippen LogP contribution in [-0.4, -0.2) is 43.9 Å². The summed E-state index contributed by atoms with van der Waals surface area (Å²) in [6.07, 6.45) is 1.07. The van der Waals surface area contributed by atoms with Crippen molar-refractivity contribution >= 4 is 11.5 Å². The van der Waals surface area contributed by atoms with Gasteiger partial charge < -0.3 is 9.80 Å². The Kier molecular flexibility index (Phi) is 4.18. The summed E-state index contributed by atoms with van der Waals surface area (Å²) in [7, 11) is 2.11. The van der Waals surface area contributed by atoms with Crippen molar-refractivity contribution in [3.05, 3.63) is 29.3 Å². The van der Waals surface area contributed by atoms with Crippen molar-refractivity contribution < 1.29 is 4.79 Å². The number of nitrogens with zero attached hydrogens (tertiary/aromatic N) is 3. The first-order valence-corrected chi connectivity index (χ1v) is 6.60. The molecule has 2 rings (SSSR count). The van der Waals surface area contributed by atoms with Crippen LogP contribution in [0.25, 0.3) is 0 Å². The number of Topliss-reactive ketones (excluding diaryl/α,β-unsaturated/α-hetero) is 1. The molecule has 0 radical (unpaired) electrons. The first kappa shape index (κ1) is 13.6. The van der Waals surface area contributed by atoms with Crippen LogP contribution in [0.5, 0.6) is 0 Å². The van der Waals surface area contributed by atoms with Crippen molar-refractivity contribution in [2.24, 2.45) is 0 Å². The molecule has 0 aromatic heterocycles. The van der Waals surface area contributed by atoms with E-state index in [1.54, 1.807) is 19.1 Å².